The fourth-order valence-electron chi connectivity index (χ4n) is 8.06. The van der Waals surface area contributed by atoms with Gasteiger partial charge in [0.25, 0.3) is 0 Å². The van der Waals surface area contributed by atoms with E-state index in [2.05, 4.69) is 47.9 Å². The van der Waals surface area contributed by atoms with Gasteiger partial charge >= 0.3 is 17.9 Å². The molecule has 82 heavy (non-hydrogen) atoms. The summed E-state index contributed by atoms with van der Waals surface area (Å²) in [4.78, 5) is 160. The van der Waals surface area contributed by atoms with Gasteiger partial charge < -0.3 is 96.3 Å². The van der Waals surface area contributed by atoms with Crippen molar-refractivity contribution >= 4 is 71.1 Å². The number of carboxylic acids is 3. The SMILES string of the molecule is CC[C@H](C)[C@H](NC(=O)[C@@H](NC(=O)[C@H](CCCCN)NC(=O)[C@@H](NC(=O)[C@H](CCCCN)NC(=O)[C@H](CCCCN)NC(=O)[C@H](CCC(=O)O)NC(=O)[C@H](CCC(=O)O)NC(=O)[C@H](CO)NC(=O)[C@@H](N)[C@@H](C)O)[C@@H](C)CC)C(C)C)C(=O)O. The van der Waals surface area contributed by atoms with E-state index in [1.165, 1.54) is 6.92 Å². The number of hydrogen-bond acceptors (Lipinski definition) is 18. The maximum atomic E-state index is 14.4. The number of aliphatic hydroxyl groups excluding tert-OH is 2. The van der Waals surface area contributed by atoms with Crippen molar-refractivity contribution in [3.8, 4) is 0 Å². The van der Waals surface area contributed by atoms with Crippen LogP contribution in [0.3, 0.4) is 0 Å². The topological polar surface area (TPSA) is 518 Å². The van der Waals surface area contributed by atoms with Gasteiger partial charge in [-0.1, -0.05) is 54.4 Å². The predicted octanol–water partition coefficient (Wildman–Crippen LogP) is -4.00. The molecule has 30 heteroatoms. The maximum Gasteiger partial charge on any atom is 0.326 e. The molecule has 0 bridgehead atoms. The van der Waals surface area contributed by atoms with Gasteiger partial charge in [-0.2, -0.15) is 0 Å². The van der Waals surface area contributed by atoms with E-state index in [0.29, 0.717) is 38.5 Å². The van der Waals surface area contributed by atoms with Crippen LogP contribution in [-0.2, 0) is 57.5 Å². The van der Waals surface area contributed by atoms with Crippen LogP contribution < -0.4 is 70.8 Å². The average molecular weight is 1170 g/mol. The zero-order valence-corrected chi connectivity index (χ0v) is 48.5. The summed E-state index contributed by atoms with van der Waals surface area (Å²) in [6, 6.07) is -14.8. The molecule has 0 saturated carbocycles. The molecule has 0 rings (SSSR count). The molecule has 0 aliphatic heterocycles. The van der Waals surface area contributed by atoms with Crippen molar-refractivity contribution in [3.05, 3.63) is 0 Å². The Kier molecular flexibility index (Phi) is 37.3. The third-order valence-electron chi connectivity index (χ3n) is 13.8. The highest BCUT2D eigenvalue weighted by atomic mass is 16.4. The molecule has 0 heterocycles. The fraction of sp³-hybridized carbons (Fsp3) is 0.769. The standard InChI is InChI=1S/C52H95N13O17/c1-8-28(5)41(51(80)61-33(18-12-15-25-55)46(75)63-40(27(3)4)50(79)65-42(52(81)82)29(6)9-2)64-47(76)32(17-11-14-24-54)58-43(72)31(16-10-13-23-53)57-44(73)34(19-21-37(68)69)59-45(74)35(20-22-38(70)71)60-48(77)36(26-66)62-49(78)39(56)30(7)67/h27-36,39-42,66-67H,8-26,53-56H2,1-7H3,(H,57,73)(H,58,72)(H,59,74)(H,60,77)(H,61,80)(H,62,78)(H,63,75)(H,64,76)(H,65,79)(H,68,69)(H,70,71)(H,81,82)/t28-,29-,30+,31-,32-,33-,34-,35-,36-,39-,40-,41-,42-/m0/s1. The second-order valence-electron chi connectivity index (χ2n) is 20.8. The highest BCUT2D eigenvalue weighted by Gasteiger charge is 2.38. The molecule has 0 unspecified atom stereocenters. The van der Waals surface area contributed by atoms with Crippen LogP contribution in [0.25, 0.3) is 0 Å². The monoisotopic (exact) mass is 1170 g/mol. The van der Waals surface area contributed by atoms with Crippen molar-refractivity contribution in [2.75, 3.05) is 26.2 Å². The Bertz CT molecular complexity index is 2090. The number of rotatable bonds is 44. The van der Waals surface area contributed by atoms with Crippen LogP contribution >= 0.6 is 0 Å². The van der Waals surface area contributed by atoms with Gasteiger partial charge in [-0.15, -0.1) is 0 Å². The molecule has 0 spiro atoms. The molecule has 0 radical (unpaired) electrons. The van der Waals surface area contributed by atoms with Gasteiger partial charge in [-0.3, -0.25) is 52.7 Å². The quantitative estimate of drug-likeness (QED) is 0.0259. The summed E-state index contributed by atoms with van der Waals surface area (Å²) in [6.45, 7) is 10.9. The second kappa shape index (κ2) is 40.6. The second-order valence-corrected chi connectivity index (χ2v) is 20.8. The molecule has 0 aromatic carbocycles. The summed E-state index contributed by atoms with van der Waals surface area (Å²) < 4.78 is 0. The summed E-state index contributed by atoms with van der Waals surface area (Å²) in [5, 5.41) is 70.7. The zero-order valence-electron chi connectivity index (χ0n) is 48.5. The van der Waals surface area contributed by atoms with Gasteiger partial charge in [0.2, 0.25) is 53.2 Å². The number of nitrogens with one attached hydrogen (secondary N) is 9. The lowest BCUT2D eigenvalue weighted by atomic mass is 9.96. The van der Waals surface area contributed by atoms with Crippen molar-refractivity contribution in [3.63, 3.8) is 0 Å². The molecule has 30 nitrogen and oxygen atoms in total. The minimum atomic E-state index is -1.78. The van der Waals surface area contributed by atoms with Gasteiger partial charge in [0.1, 0.15) is 60.4 Å². The lowest BCUT2D eigenvalue weighted by Crippen LogP contribution is -2.61. The van der Waals surface area contributed by atoms with Gasteiger partial charge in [-0.25, -0.2) is 4.79 Å². The summed E-state index contributed by atoms with van der Waals surface area (Å²) in [7, 11) is 0. The first-order valence-corrected chi connectivity index (χ1v) is 28.1. The van der Waals surface area contributed by atoms with Crippen molar-refractivity contribution < 1.29 is 83.1 Å². The minimum absolute atomic E-state index is 0.0371. The molecule has 0 aliphatic carbocycles. The smallest absolute Gasteiger partial charge is 0.326 e. The Hall–Kier alpha value is -6.60. The van der Waals surface area contributed by atoms with Gasteiger partial charge in [0.15, 0.2) is 0 Å². The molecule has 470 valence electrons. The van der Waals surface area contributed by atoms with Gasteiger partial charge in [0, 0.05) is 12.8 Å². The molecule has 13 atom stereocenters. The Morgan fingerprint density at radius 2 is 0.683 bits per heavy atom. The lowest BCUT2D eigenvalue weighted by Gasteiger charge is -2.30. The maximum absolute atomic E-state index is 14.4. The predicted molar refractivity (Wildman–Crippen MR) is 298 cm³/mol. The van der Waals surface area contributed by atoms with Crippen LogP contribution in [0.15, 0.2) is 0 Å². The first-order valence-electron chi connectivity index (χ1n) is 28.1. The number of carbonyl (C=O) groups excluding carboxylic acids is 9. The van der Waals surface area contributed by atoms with E-state index in [0.717, 1.165) is 0 Å². The van der Waals surface area contributed by atoms with Gasteiger partial charge in [0.05, 0.1) is 12.7 Å². The molecule has 22 N–H and O–H groups in total. The Morgan fingerprint density at radius 1 is 0.390 bits per heavy atom. The first kappa shape index (κ1) is 75.4. The zero-order chi connectivity index (χ0) is 62.8. The third-order valence-corrected chi connectivity index (χ3v) is 13.8. The Morgan fingerprint density at radius 3 is 1.00 bits per heavy atom. The van der Waals surface area contributed by atoms with E-state index in [4.69, 9.17) is 22.9 Å². The normalized spacial score (nSPS) is 16.0. The molecular formula is C52H95N13O17. The van der Waals surface area contributed by atoms with Crippen molar-refractivity contribution in [1.82, 2.24) is 47.9 Å². The lowest BCUT2D eigenvalue weighted by molar-refractivity contribution is -0.144. The van der Waals surface area contributed by atoms with Crippen molar-refractivity contribution in [1.29, 1.82) is 0 Å². The highest BCUT2D eigenvalue weighted by Crippen LogP contribution is 2.15. The van der Waals surface area contributed by atoms with E-state index in [1.807, 2.05) is 0 Å². The summed E-state index contributed by atoms with van der Waals surface area (Å²) in [5.41, 5.74) is 22.9. The third kappa shape index (κ3) is 28.4. The number of hydrogen-bond donors (Lipinski definition) is 18. The Labute approximate surface area is 479 Å². The fourth-order valence-corrected chi connectivity index (χ4v) is 8.06. The number of unbranched alkanes of at least 4 members (excludes halogenated alkanes) is 3. The summed E-state index contributed by atoms with van der Waals surface area (Å²) >= 11 is 0. The van der Waals surface area contributed by atoms with Crippen molar-refractivity contribution in [2.24, 2.45) is 40.7 Å². The van der Waals surface area contributed by atoms with Crippen molar-refractivity contribution in [2.45, 2.75) is 211 Å². The minimum Gasteiger partial charge on any atom is -0.481 e. The number of nitrogens with two attached hydrogens (primary N) is 4. The number of carbonyl (C=O) groups is 12. The van der Waals surface area contributed by atoms with E-state index in [1.54, 1.807) is 41.5 Å². The van der Waals surface area contributed by atoms with E-state index in [9.17, 15) is 83.1 Å². The average Bonchev–Trinajstić information content (AvgIpc) is 3.43. The van der Waals surface area contributed by atoms with Crippen LogP contribution in [0.4, 0.5) is 0 Å². The Balaban J connectivity index is 7.00. The molecule has 0 aromatic rings. The molecule has 0 saturated heterocycles. The molecular weight excluding hydrogens is 1080 g/mol. The number of carboxylic acid groups (broad SMARTS) is 3. The summed E-state index contributed by atoms with van der Waals surface area (Å²) in [6.07, 6.45) is -1.34. The van der Waals surface area contributed by atoms with Crippen LogP contribution in [0.1, 0.15) is 145 Å². The molecule has 0 fully saturated rings. The van der Waals surface area contributed by atoms with Crippen LogP contribution in [-0.4, -0.2) is 189 Å². The number of aliphatic carboxylic acids is 3. The van der Waals surface area contributed by atoms with Gasteiger partial charge in [-0.05, 0) is 115 Å². The number of amides is 9. The van der Waals surface area contributed by atoms with E-state index in [-0.39, 0.29) is 51.7 Å². The van der Waals surface area contributed by atoms with E-state index < -0.39 is 188 Å². The highest BCUT2D eigenvalue weighted by molar-refractivity contribution is 5.99. The molecule has 0 aliphatic rings. The summed E-state index contributed by atoms with van der Waals surface area (Å²) in [5.74, 6) is -14.3. The number of aliphatic hydroxyl groups is 2. The molecule has 9 amide bonds. The first-order chi connectivity index (χ1) is 38.5. The molecule has 0 aromatic heterocycles. The largest absolute Gasteiger partial charge is 0.481 e. The van der Waals surface area contributed by atoms with Crippen LogP contribution in [0, 0.1) is 17.8 Å². The van der Waals surface area contributed by atoms with E-state index >= 15 is 0 Å². The van der Waals surface area contributed by atoms with Crippen LogP contribution in [0.5, 0.6) is 0 Å². The van der Waals surface area contributed by atoms with Crippen LogP contribution in [0.2, 0.25) is 0 Å².